The van der Waals surface area contributed by atoms with Crippen molar-refractivity contribution in [3.05, 3.63) is 36.4 Å². The fourth-order valence-electron chi connectivity index (χ4n) is 1.33. The van der Waals surface area contributed by atoms with Crippen LogP contribution in [0.3, 0.4) is 0 Å². The van der Waals surface area contributed by atoms with E-state index in [4.69, 9.17) is 11.5 Å². The molecule has 0 unspecified atom stereocenters. The van der Waals surface area contributed by atoms with Crippen LogP contribution in [0.5, 0.6) is 0 Å². The zero-order valence-electron chi connectivity index (χ0n) is 6.62. The number of hydrogen-bond acceptors (Lipinski definition) is 2. The maximum atomic E-state index is 5.77. The number of fused-ring (bicyclic) bond motifs is 1. The first-order chi connectivity index (χ1) is 5.79. The third kappa shape index (κ3) is 0.889. The normalized spacial score (nSPS) is 10.3. The zero-order chi connectivity index (χ0) is 8.55. The summed E-state index contributed by atoms with van der Waals surface area (Å²) >= 11 is 0. The molecule has 0 aliphatic heterocycles. The summed E-state index contributed by atoms with van der Waals surface area (Å²) in [6.07, 6.45) is 0. The van der Waals surface area contributed by atoms with Crippen molar-refractivity contribution < 1.29 is 0 Å². The Morgan fingerprint density at radius 3 is 2.50 bits per heavy atom. The monoisotopic (exact) mass is 158 g/mol. The highest BCUT2D eigenvalue weighted by Crippen LogP contribution is 2.34. The highest BCUT2D eigenvalue weighted by molar-refractivity contribution is 5.90. The SMILES string of the molecule is Nc1cc2cccccc-2c1N. The van der Waals surface area contributed by atoms with Gasteiger partial charge in [0.15, 0.2) is 0 Å². The van der Waals surface area contributed by atoms with Gasteiger partial charge in [-0.1, -0.05) is 30.3 Å². The molecule has 0 spiro atoms. The second-order valence-electron chi connectivity index (χ2n) is 2.79. The Hall–Kier alpha value is -1.70. The molecule has 0 amide bonds. The van der Waals surface area contributed by atoms with E-state index in [1.807, 2.05) is 36.4 Å². The topological polar surface area (TPSA) is 52.0 Å². The van der Waals surface area contributed by atoms with Gasteiger partial charge in [-0.25, -0.2) is 0 Å². The first-order valence-electron chi connectivity index (χ1n) is 3.82. The van der Waals surface area contributed by atoms with E-state index >= 15 is 0 Å². The van der Waals surface area contributed by atoms with Crippen molar-refractivity contribution in [2.24, 2.45) is 0 Å². The molecular weight excluding hydrogens is 148 g/mol. The van der Waals surface area contributed by atoms with Gasteiger partial charge in [-0.15, -0.1) is 0 Å². The van der Waals surface area contributed by atoms with Gasteiger partial charge in [0.2, 0.25) is 0 Å². The second kappa shape index (κ2) is 2.41. The van der Waals surface area contributed by atoms with Crippen molar-refractivity contribution in [3.8, 4) is 11.1 Å². The number of rotatable bonds is 0. The van der Waals surface area contributed by atoms with E-state index in [0.717, 1.165) is 11.1 Å². The lowest BCUT2D eigenvalue weighted by Gasteiger charge is -1.92. The largest absolute Gasteiger partial charge is 0.397 e. The van der Waals surface area contributed by atoms with Crippen LogP contribution in [0, 0.1) is 0 Å². The molecule has 0 saturated heterocycles. The molecule has 0 radical (unpaired) electrons. The first kappa shape index (κ1) is 6.98. The van der Waals surface area contributed by atoms with E-state index in [-0.39, 0.29) is 0 Å². The van der Waals surface area contributed by atoms with Gasteiger partial charge in [0.05, 0.1) is 11.4 Å². The van der Waals surface area contributed by atoms with Crippen molar-refractivity contribution in [2.45, 2.75) is 0 Å². The smallest absolute Gasteiger partial charge is 0.0627 e. The van der Waals surface area contributed by atoms with Crippen LogP contribution < -0.4 is 11.5 Å². The molecule has 2 aliphatic carbocycles. The molecule has 2 heteroatoms. The average Bonchev–Trinajstić information content (AvgIpc) is 2.30. The summed E-state index contributed by atoms with van der Waals surface area (Å²) in [4.78, 5) is 0. The van der Waals surface area contributed by atoms with Gasteiger partial charge in [-0.05, 0) is 11.6 Å². The number of hydrogen-bond donors (Lipinski definition) is 2. The van der Waals surface area contributed by atoms with Gasteiger partial charge in [-0.3, -0.25) is 0 Å². The van der Waals surface area contributed by atoms with Gasteiger partial charge in [0.1, 0.15) is 0 Å². The van der Waals surface area contributed by atoms with E-state index < -0.39 is 0 Å². The molecule has 0 aromatic carbocycles. The average molecular weight is 158 g/mol. The third-order valence-corrected chi connectivity index (χ3v) is 1.98. The van der Waals surface area contributed by atoms with Gasteiger partial charge in [-0.2, -0.15) is 0 Å². The van der Waals surface area contributed by atoms with E-state index in [2.05, 4.69) is 0 Å². The van der Waals surface area contributed by atoms with Crippen LogP contribution in [0.4, 0.5) is 11.4 Å². The predicted molar refractivity (Wildman–Crippen MR) is 51.9 cm³/mol. The van der Waals surface area contributed by atoms with E-state index in [0.29, 0.717) is 11.4 Å². The van der Waals surface area contributed by atoms with Crippen LogP contribution in [0.15, 0.2) is 36.4 Å². The van der Waals surface area contributed by atoms with Gasteiger partial charge < -0.3 is 11.5 Å². The van der Waals surface area contributed by atoms with Crippen LogP contribution in [0.2, 0.25) is 0 Å². The van der Waals surface area contributed by atoms with E-state index in [1.165, 1.54) is 0 Å². The molecule has 2 aliphatic rings. The fraction of sp³-hybridized carbons (Fsp3) is 0. The summed E-state index contributed by atoms with van der Waals surface area (Å²) in [5, 5.41) is 0. The molecule has 60 valence electrons. The second-order valence-corrected chi connectivity index (χ2v) is 2.79. The van der Waals surface area contributed by atoms with Crippen molar-refractivity contribution in [1.82, 2.24) is 0 Å². The summed E-state index contributed by atoms with van der Waals surface area (Å²) < 4.78 is 0. The molecule has 4 N–H and O–H groups in total. The Bertz CT molecular complexity index is 382. The summed E-state index contributed by atoms with van der Waals surface area (Å²) in [6, 6.07) is 11.8. The predicted octanol–water partition coefficient (Wildman–Crippen LogP) is 1.96. The lowest BCUT2D eigenvalue weighted by Crippen LogP contribution is -1.89. The van der Waals surface area contributed by atoms with Crippen molar-refractivity contribution >= 4 is 11.4 Å². The van der Waals surface area contributed by atoms with Crippen molar-refractivity contribution in [2.75, 3.05) is 11.5 Å². The van der Waals surface area contributed by atoms with Crippen LogP contribution in [0.1, 0.15) is 0 Å². The maximum absolute atomic E-state index is 5.77. The quantitative estimate of drug-likeness (QED) is 0.615. The van der Waals surface area contributed by atoms with Crippen LogP contribution in [0.25, 0.3) is 11.1 Å². The molecule has 0 saturated carbocycles. The molecule has 0 heterocycles. The zero-order valence-corrected chi connectivity index (χ0v) is 6.62. The lowest BCUT2D eigenvalue weighted by molar-refractivity contribution is 1.79. The minimum Gasteiger partial charge on any atom is -0.397 e. The highest BCUT2D eigenvalue weighted by atomic mass is 14.7. The van der Waals surface area contributed by atoms with Gasteiger partial charge in [0.25, 0.3) is 0 Å². The minimum atomic E-state index is 0.663. The molecule has 12 heavy (non-hydrogen) atoms. The van der Waals surface area contributed by atoms with Gasteiger partial charge in [0, 0.05) is 5.56 Å². The van der Waals surface area contributed by atoms with E-state index in [9.17, 15) is 0 Å². The Kier molecular flexibility index (Phi) is 1.40. The molecule has 0 aromatic rings. The molecule has 0 atom stereocenters. The Morgan fingerprint density at radius 2 is 1.67 bits per heavy atom. The van der Waals surface area contributed by atoms with E-state index in [1.54, 1.807) is 0 Å². The minimum absolute atomic E-state index is 0.663. The molecular formula is C10H10N2. The van der Waals surface area contributed by atoms with Crippen LogP contribution in [-0.4, -0.2) is 0 Å². The van der Waals surface area contributed by atoms with Crippen LogP contribution in [-0.2, 0) is 0 Å². The fourth-order valence-corrected chi connectivity index (χ4v) is 1.33. The highest BCUT2D eigenvalue weighted by Gasteiger charge is 2.08. The lowest BCUT2D eigenvalue weighted by atomic mass is 10.2. The Balaban J connectivity index is 2.79. The summed E-state index contributed by atoms with van der Waals surface area (Å²) in [6.45, 7) is 0. The van der Waals surface area contributed by atoms with Crippen molar-refractivity contribution in [1.29, 1.82) is 0 Å². The number of nitrogen functional groups attached to an aromatic ring is 2. The molecule has 0 fully saturated rings. The Morgan fingerprint density at radius 1 is 0.917 bits per heavy atom. The molecule has 2 nitrogen and oxygen atoms in total. The number of nitrogens with two attached hydrogens (primary N) is 2. The summed E-state index contributed by atoms with van der Waals surface area (Å²) in [5.41, 5.74) is 14.9. The maximum Gasteiger partial charge on any atom is 0.0627 e. The molecule has 0 bridgehead atoms. The third-order valence-electron chi connectivity index (χ3n) is 1.98. The summed E-state index contributed by atoms with van der Waals surface area (Å²) in [7, 11) is 0. The summed E-state index contributed by atoms with van der Waals surface area (Å²) in [5.74, 6) is 0. The first-order valence-corrected chi connectivity index (χ1v) is 3.82. The Labute approximate surface area is 71.1 Å². The number of anilines is 2. The van der Waals surface area contributed by atoms with Crippen LogP contribution >= 0.6 is 0 Å². The van der Waals surface area contributed by atoms with Gasteiger partial charge >= 0.3 is 0 Å². The standard InChI is InChI=1S/C10H10N2/c11-9-6-7-4-2-1-3-5-8(7)10(9)12/h1-6H,11-12H2. The molecule has 2 rings (SSSR count). The van der Waals surface area contributed by atoms with Crippen molar-refractivity contribution in [3.63, 3.8) is 0 Å². The molecule has 0 aromatic heterocycles.